The Kier molecular flexibility index (Phi) is 33.6. The Morgan fingerprint density at radius 2 is 0.940 bits per heavy atom. The molecule has 282 valence electrons. The maximum absolute atomic E-state index is 12.4. The first-order valence-corrected chi connectivity index (χ1v) is 20.1. The lowest BCUT2D eigenvalue weighted by Crippen LogP contribution is -2.29. The van der Waals surface area contributed by atoms with E-state index in [-0.39, 0.29) is 19.4 Å². The van der Waals surface area contributed by atoms with Crippen molar-refractivity contribution in [2.75, 3.05) is 13.2 Å². The molecule has 0 spiro atoms. The first kappa shape index (κ1) is 47.0. The summed E-state index contributed by atoms with van der Waals surface area (Å²) in [4.78, 5) is 42.6. The molecule has 0 aromatic carbocycles. The van der Waals surface area contributed by atoms with E-state index in [4.69, 9.17) is 19.3 Å². The van der Waals surface area contributed by atoms with Crippen molar-refractivity contribution in [3.05, 3.63) is 97.2 Å². The van der Waals surface area contributed by atoms with Crippen molar-refractivity contribution < 1.29 is 37.9 Å². The molecule has 50 heavy (non-hydrogen) atoms. The van der Waals surface area contributed by atoms with Crippen LogP contribution in [0, 0.1) is 0 Å². The number of unbranched alkanes of at least 4 members (excludes halogenated alkanes) is 6. The minimum Gasteiger partial charge on any atom is -0.462 e. The molecule has 0 aliphatic rings. The average Bonchev–Trinajstić information content (AvgIpc) is 3.08. The fourth-order valence-electron chi connectivity index (χ4n) is 4.43. The smallest absolute Gasteiger partial charge is 0.462 e. The van der Waals surface area contributed by atoms with Gasteiger partial charge in [-0.3, -0.25) is 14.1 Å². The number of hydrogen-bond donors (Lipinski definition) is 2. The second kappa shape index (κ2) is 35.8. The highest BCUT2D eigenvalue weighted by atomic mass is 31.2. The third kappa shape index (κ3) is 37.8. The highest BCUT2D eigenvalue weighted by Gasteiger charge is 2.22. The monoisotopic (exact) mass is 716 g/mol. The van der Waals surface area contributed by atoms with Gasteiger partial charge in [-0.15, -0.1) is 0 Å². The zero-order valence-electron chi connectivity index (χ0n) is 30.7. The van der Waals surface area contributed by atoms with Crippen molar-refractivity contribution in [1.29, 1.82) is 0 Å². The Bertz CT molecular complexity index is 1120. The normalized spacial score (nSPS) is 13.6. The molecule has 9 heteroatoms. The first-order valence-electron chi connectivity index (χ1n) is 18.5. The largest absolute Gasteiger partial charge is 0.469 e. The summed E-state index contributed by atoms with van der Waals surface area (Å²) in [5, 5.41) is 0. The van der Waals surface area contributed by atoms with Crippen LogP contribution in [-0.2, 0) is 28.2 Å². The highest BCUT2D eigenvalue weighted by molar-refractivity contribution is 7.46. The standard InChI is InChI=1S/C41H65O8P/c1-3-5-7-9-11-13-15-17-18-19-20-21-22-24-26-28-30-32-34-36-41(43)49-39(38-48-50(44,45)46)37-47-40(42)35-33-31-29-27-25-23-16-14-12-10-8-6-4-2/h5-8,11-14,17-18,20-21,23,25,29,31,39H,3-4,9-10,15-16,19,22,24,26-28,30,32-38H2,1-2H3,(H2,44,45,46)/b7-5-,8-6-,13-11-,14-12-,18-17-,21-20-,25-23-,31-29-. The molecule has 0 aromatic heterocycles. The maximum Gasteiger partial charge on any atom is 0.469 e. The van der Waals surface area contributed by atoms with E-state index < -0.39 is 32.5 Å². The van der Waals surface area contributed by atoms with Crippen LogP contribution in [0.3, 0.4) is 0 Å². The number of esters is 2. The lowest BCUT2D eigenvalue weighted by Gasteiger charge is -2.18. The van der Waals surface area contributed by atoms with Gasteiger partial charge in [-0.2, -0.15) is 0 Å². The van der Waals surface area contributed by atoms with E-state index in [0.29, 0.717) is 12.8 Å². The molecular weight excluding hydrogens is 651 g/mol. The van der Waals surface area contributed by atoms with Crippen LogP contribution >= 0.6 is 7.82 Å². The van der Waals surface area contributed by atoms with Crippen LogP contribution in [0.15, 0.2) is 97.2 Å². The third-order valence-electron chi connectivity index (χ3n) is 7.11. The molecule has 1 atom stereocenters. The third-order valence-corrected chi connectivity index (χ3v) is 7.60. The topological polar surface area (TPSA) is 119 Å². The highest BCUT2D eigenvalue weighted by Crippen LogP contribution is 2.35. The molecule has 0 aliphatic heterocycles. The lowest BCUT2D eigenvalue weighted by atomic mass is 10.1. The van der Waals surface area contributed by atoms with Gasteiger partial charge in [-0.1, -0.05) is 137 Å². The Balaban J connectivity index is 4.11. The van der Waals surface area contributed by atoms with Crippen LogP contribution in [0.25, 0.3) is 0 Å². The minimum absolute atomic E-state index is 0.137. The fraction of sp³-hybridized carbons (Fsp3) is 0.561. The number of phosphoric acid groups is 1. The molecule has 0 rings (SSSR count). The first-order chi connectivity index (χ1) is 24.3. The van der Waals surface area contributed by atoms with Gasteiger partial charge in [0.2, 0.25) is 0 Å². The molecular formula is C41H65O8P. The number of hydrogen-bond acceptors (Lipinski definition) is 6. The van der Waals surface area contributed by atoms with E-state index in [1.54, 1.807) is 0 Å². The summed E-state index contributed by atoms with van der Waals surface area (Å²) in [7, 11) is -4.78. The molecule has 0 amide bonds. The average molecular weight is 717 g/mol. The number of ether oxygens (including phenoxy) is 2. The second-order valence-electron chi connectivity index (χ2n) is 11.8. The molecule has 0 saturated heterocycles. The summed E-state index contributed by atoms with van der Waals surface area (Å²) in [5.74, 6) is -1.01. The summed E-state index contributed by atoms with van der Waals surface area (Å²) in [6.45, 7) is 3.35. The van der Waals surface area contributed by atoms with Crippen LogP contribution in [-0.4, -0.2) is 41.0 Å². The van der Waals surface area contributed by atoms with Gasteiger partial charge in [0, 0.05) is 12.8 Å². The summed E-state index contributed by atoms with van der Waals surface area (Å²) >= 11 is 0. The Hall–Kier alpha value is -3.03. The molecule has 8 nitrogen and oxygen atoms in total. The van der Waals surface area contributed by atoms with Gasteiger partial charge < -0.3 is 19.3 Å². The predicted octanol–water partition coefficient (Wildman–Crippen LogP) is 11.1. The SMILES string of the molecule is CC/C=C\C/C=C\C/C=C\C/C=C\CCCCCCCCC(=O)OC(COC(=O)CC/C=C\C/C=C\C/C=C\C/C=C\CC)COP(=O)(O)O. The van der Waals surface area contributed by atoms with Crippen molar-refractivity contribution in [3.63, 3.8) is 0 Å². The summed E-state index contributed by atoms with van der Waals surface area (Å²) in [6, 6.07) is 0. The van der Waals surface area contributed by atoms with Gasteiger partial charge in [-0.25, -0.2) is 4.57 Å². The number of phosphoric ester groups is 1. The molecule has 0 fully saturated rings. The van der Waals surface area contributed by atoms with E-state index in [1.165, 1.54) is 0 Å². The van der Waals surface area contributed by atoms with Gasteiger partial charge in [0.05, 0.1) is 6.61 Å². The van der Waals surface area contributed by atoms with E-state index >= 15 is 0 Å². The van der Waals surface area contributed by atoms with Crippen molar-refractivity contribution >= 4 is 19.8 Å². The fourth-order valence-corrected chi connectivity index (χ4v) is 4.79. The molecule has 0 bridgehead atoms. The van der Waals surface area contributed by atoms with Crippen LogP contribution in [0.5, 0.6) is 0 Å². The number of rotatable bonds is 32. The lowest BCUT2D eigenvalue weighted by molar-refractivity contribution is -0.161. The second-order valence-corrected chi connectivity index (χ2v) is 13.0. The zero-order valence-corrected chi connectivity index (χ0v) is 31.6. The van der Waals surface area contributed by atoms with E-state index in [0.717, 1.165) is 89.9 Å². The van der Waals surface area contributed by atoms with Crippen LogP contribution in [0.1, 0.15) is 129 Å². The van der Waals surface area contributed by atoms with Gasteiger partial charge >= 0.3 is 19.8 Å². The Labute approximate surface area is 303 Å². The van der Waals surface area contributed by atoms with E-state index in [1.807, 2.05) is 12.2 Å². The van der Waals surface area contributed by atoms with Crippen molar-refractivity contribution in [3.8, 4) is 0 Å². The van der Waals surface area contributed by atoms with Crippen LogP contribution in [0.2, 0.25) is 0 Å². The quantitative estimate of drug-likeness (QED) is 0.0305. The molecule has 2 N–H and O–H groups in total. The van der Waals surface area contributed by atoms with Crippen molar-refractivity contribution in [1.82, 2.24) is 0 Å². The molecule has 0 radical (unpaired) electrons. The number of carbonyl (C=O) groups excluding carboxylic acids is 2. The Morgan fingerprint density at radius 3 is 1.42 bits per heavy atom. The Morgan fingerprint density at radius 1 is 0.520 bits per heavy atom. The van der Waals surface area contributed by atoms with Crippen molar-refractivity contribution in [2.24, 2.45) is 0 Å². The minimum atomic E-state index is -4.78. The van der Waals surface area contributed by atoms with E-state index in [9.17, 15) is 14.2 Å². The number of allylic oxidation sites excluding steroid dienone is 16. The maximum atomic E-state index is 12.4. The van der Waals surface area contributed by atoms with Gasteiger partial charge in [-0.05, 0) is 77.0 Å². The van der Waals surface area contributed by atoms with Crippen molar-refractivity contribution in [2.45, 2.75) is 136 Å². The van der Waals surface area contributed by atoms with Gasteiger partial charge in [0.1, 0.15) is 6.61 Å². The predicted molar refractivity (Wildman–Crippen MR) is 206 cm³/mol. The molecule has 0 aliphatic carbocycles. The van der Waals surface area contributed by atoms with Gasteiger partial charge in [0.15, 0.2) is 6.10 Å². The molecule has 1 unspecified atom stereocenters. The van der Waals surface area contributed by atoms with E-state index in [2.05, 4.69) is 103 Å². The molecule has 0 saturated carbocycles. The van der Waals surface area contributed by atoms with Gasteiger partial charge in [0.25, 0.3) is 0 Å². The summed E-state index contributed by atoms with van der Waals surface area (Å²) in [5.41, 5.74) is 0. The molecule has 0 heterocycles. The molecule has 0 aromatic rings. The van der Waals surface area contributed by atoms with Crippen LogP contribution in [0.4, 0.5) is 0 Å². The summed E-state index contributed by atoms with van der Waals surface area (Å²) in [6.07, 6.45) is 48.6. The number of carbonyl (C=O) groups is 2. The zero-order chi connectivity index (χ0) is 36.8. The summed E-state index contributed by atoms with van der Waals surface area (Å²) < 4.78 is 26.2. The van der Waals surface area contributed by atoms with Crippen LogP contribution < -0.4 is 0 Å².